The number of fused-ring (bicyclic) bond motifs is 1. The molecular formula is C24H22BrF5N4O. The maximum absolute atomic E-state index is 14.0. The number of amides is 2. The first-order valence-corrected chi connectivity index (χ1v) is 11.8. The molecule has 2 atom stereocenters. The van der Waals surface area contributed by atoms with Crippen LogP contribution in [0.3, 0.4) is 0 Å². The summed E-state index contributed by atoms with van der Waals surface area (Å²) in [5.41, 5.74) is 1.34. The number of rotatable bonds is 5. The van der Waals surface area contributed by atoms with Crippen molar-refractivity contribution in [3.8, 4) is 5.69 Å². The summed E-state index contributed by atoms with van der Waals surface area (Å²) < 4.78 is 71.2. The molecule has 0 saturated carbocycles. The number of hydrogen-bond donors (Lipinski definition) is 1. The molecule has 2 amide bonds. The van der Waals surface area contributed by atoms with Crippen LogP contribution in [0.5, 0.6) is 0 Å². The Morgan fingerprint density at radius 2 is 1.89 bits per heavy atom. The van der Waals surface area contributed by atoms with E-state index in [1.807, 2.05) is 6.92 Å². The third kappa shape index (κ3) is 5.34. The Hall–Kier alpha value is -2.95. The third-order valence-electron chi connectivity index (χ3n) is 5.90. The standard InChI is InChI=1S/C24H22BrF5N4O/c1-2-3-19(14-10-15(25)12-17(27)11-14)32-23(35)33-21-13-31-34(18-6-4-16(26)5-7-18)20(21)8-9-22(33)24(28,29)30/h4-7,10-13,19,22H,2-3,8-9H2,1H3,(H,32,35)/t19-,22-/m0/s1. The first kappa shape index (κ1) is 25.2. The van der Waals surface area contributed by atoms with Crippen LogP contribution in [-0.2, 0) is 6.42 Å². The summed E-state index contributed by atoms with van der Waals surface area (Å²) in [6.07, 6.45) is -2.79. The third-order valence-corrected chi connectivity index (χ3v) is 6.36. The fourth-order valence-corrected chi connectivity index (χ4v) is 4.83. The van der Waals surface area contributed by atoms with Gasteiger partial charge in [0.25, 0.3) is 0 Å². The molecule has 4 rings (SSSR count). The molecular weight excluding hydrogens is 535 g/mol. The predicted octanol–water partition coefficient (Wildman–Crippen LogP) is 6.85. The van der Waals surface area contributed by atoms with E-state index in [-0.39, 0.29) is 18.5 Å². The van der Waals surface area contributed by atoms with Gasteiger partial charge in [0, 0.05) is 4.47 Å². The maximum Gasteiger partial charge on any atom is 0.409 e. The molecule has 0 spiro atoms. The Bertz CT molecular complexity index is 1190. The van der Waals surface area contributed by atoms with Crippen LogP contribution in [0.15, 0.2) is 53.1 Å². The van der Waals surface area contributed by atoms with Crippen LogP contribution in [0, 0.1) is 11.6 Å². The number of alkyl halides is 3. The van der Waals surface area contributed by atoms with Gasteiger partial charge >= 0.3 is 12.2 Å². The van der Waals surface area contributed by atoms with Gasteiger partial charge in [0.05, 0.1) is 29.3 Å². The smallest absolute Gasteiger partial charge is 0.331 e. The zero-order chi connectivity index (χ0) is 25.3. The summed E-state index contributed by atoms with van der Waals surface area (Å²) in [6.45, 7) is 1.86. The summed E-state index contributed by atoms with van der Waals surface area (Å²) >= 11 is 3.22. The Balaban J connectivity index is 1.71. The molecule has 2 heterocycles. The number of benzene rings is 2. The molecule has 0 saturated heterocycles. The molecule has 1 N–H and O–H groups in total. The van der Waals surface area contributed by atoms with Crippen molar-refractivity contribution in [2.45, 2.75) is 50.9 Å². The zero-order valence-electron chi connectivity index (χ0n) is 18.6. The summed E-state index contributed by atoms with van der Waals surface area (Å²) in [4.78, 5) is 14.0. The van der Waals surface area contributed by atoms with Crippen molar-refractivity contribution in [1.82, 2.24) is 15.1 Å². The largest absolute Gasteiger partial charge is 0.409 e. The van der Waals surface area contributed by atoms with E-state index in [2.05, 4.69) is 26.3 Å². The van der Waals surface area contributed by atoms with Crippen LogP contribution in [0.1, 0.15) is 43.5 Å². The number of aromatic nitrogens is 2. The molecule has 0 radical (unpaired) electrons. The number of anilines is 1. The lowest BCUT2D eigenvalue weighted by molar-refractivity contribution is -0.149. The van der Waals surface area contributed by atoms with Gasteiger partial charge in [-0.1, -0.05) is 29.3 Å². The lowest BCUT2D eigenvalue weighted by atomic mass is 9.99. The van der Waals surface area contributed by atoms with Gasteiger partial charge in [-0.2, -0.15) is 18.3 Å². The van der Waals surface area contributed by atoms with Gasteiger partial charge in [0.15, 0.2) is 0 Å². The van der Waals surface area contributed by atoms with Crippen LogP contribution in [0.4, 0.5) is 32.4 Å². The second kappa shape index (κ2) is 9.96. The number of carbonyl (C=O) groups is 1. The lowest BCUT2D eigenvalue weighted by Crippen LogP contribution is -2.55. The first-order chi connectivity index (χ1) is 16.6. The van der Waals surface area contributed by atoms with E-state index in [9.17, 15) is 26.7 Å². The van der Waals surface area contributed by atoms with Crippen molar-refractivity contribution in [2.24, 2.45) is 0 Å². The van der Waals surface area contributed by atoms with Crippen molar-refractivity contribution in [2.75, 3.05) is 4.90 Å². The van der Waals surface area contributed by atoms with E-state index in [0.29, 0.717) is 39.2 Å². The SMILES string of the molecule is CCC[C@H](NC(=O)N1c2cnn(-c3ccc(F)cc3)c2CC[C@H]1C(F)(F)F)c1cc(F)cc(Br)c1. The molecule has 1 aliphatic rings. The number of carbonyl (C=O) groups excluding carboxylic acids is 1. The van der Waals surface area contributed by atoms with E-state index < -0.39 is 35.9 Å². The molecule has 0 fully saturated rings. The number of halogens is 6. The molecule has 0 unspecified atom stereocenters. The van der Waals surface area contributed by atoms with Crippen molar-refractivity contribution in [3.63, 3.8) is 0 Å². The van der Waals surface area contributed by atoms with Crippen LogP contribution < -0.4 is 10.2 Å². The number of urea groups is 1. The fraction of sp³-hybridized carbons (Fsp3) is 0.333. The highest BCUT2D eigenvalue weighted by Crippen LogP contribution is 2.39. The zero-order valence-corrected chi connectivity index (χ0v) is 20.2. The van der Waals surface area contributed by atoms with Crippen molar-refractivity contribution in [3.05, 3.63) is 76.0 Å². The van der Waals surface area contributed by atoms with Gasteiger partial charge in [-0.15, -0.1) is 0 Å². The summed E-state index contributed by atoms with van der Waals surface area (Å²) in [7, 11) is 0. The first-order valence-electron chi connectivity index (χ1n) is 11.0. The minimum atomic E-state index is -4.67. The average molecular weight is 557 g/mol. The topological polar surface area (TPSA) is 50.2 Å². The van der Waals surface area contributed by atoms with E-state index in [1.54, 1.807) is 6.07 Å². The number of nitrogens with one attached hydrogen (secondary N) is 1. The van der Waals surface area contributed by atoms with Gasteiger partial charge in [-0.3, -0.25) is 4.90 Å². The van der Waals surface area contributed by atoms with Crippen molar-refractivity contribution in [1.29, 1.82) is 0 Å². The monoisotopic (exact) mass is 556 g/mol. The fourth-order valence-electron chi connectivity index (χ4n) is 4.34. The van der Waals surface area contributed by atoms with E-state index in [4.69, 9.17) is 0 Å². The summed E-state index contributed by atoms with van der Waals surface area (Å²) in [5, 5.41) is 6.86. The van der Waals surface area contributed by atoms with Gasteiger partial charge in [-0.05, 0) is 67.3 Å². The van der Waals surface area contributed by atoms with Gasteiger partial charge in [0.2, 0.25) is 0 Å². The molecule has 186 valence electrons. The maximum atomic E-state index is 14.0. The molecule has 2 aromatic carbocycles. The van der Waals surface area contributed by atoms with Crippen LogP contribution in [-0.4, -0.2) is 28.0 Å². The molecule has 0 bridgehead atoms. The second-order valence-electron chi connectivity index (χ2n) is 8.32. The second-order valence-corrected chi connectivity index (χ2v) is 9.24. The molecule has 1 aliphatic heterocycles. The minimum Gasteiger partial charge on any atom is -0.331 e. The Morgan fingerprint density at radius 1 is 1.17 bits per heavy atom. The van der Waals surface area contributed by atoms with E-state index in [1.165, 1.54) is 47.3 Å². The quantitative estimate of drug-likeness (QED) is 0.349. The average Bonchev–Trinajstić information content (AvgIpc) is 3.21. The Kier molecular flexibility index (Phi) is 7.16. The highest BCUT2D eigenvalue weighted by molar-refractivity contribution is 9.10. The highest BCUT2D eigenvalue weighted by atomic mass is 79.9. The number of hydrogen-bond acceptors (Lipinski definition) is 2. The van der Waals surface area contributed by atoms with Gasteiger partial charge in [0.1, 0.15) is 17.7 Å². The Labute approximate surface area is 207 Å². The van der Waals surface area contributed by atoms with Crippen molar-refractivity contribution < 1.29 is 26.7 Å². The molecule has 11 heteroatoms. The van der Waals surface area contributed by atoms with Crippen LogP contribution in [0.25, 0.3) is 5.69 Å². The normalized spacial score (nSPS) is 16.7. The lowest BCUT2D eigenvalue weighted by Gasteiger charge is -2.37. The summed E-state index contributed by atoms with van der Waals surface area (Å²) in [6, 6.07) is 5.79. The van der Waals surface area contributed by atoms with Crippen molar-refractivity contribution >= 4 is 27.6 Å². The highest BCUT2D eigenvalue weighted by Gasteiger charge is 2.49. The van der Waals surface area contributed by atoms with E-state index >= 15 is 0 Å². The summed E-state index contributed by atoms with van der Waals surface area (Å²) in [5.74, 6) is -0.988. The van der Waals surface area contributed by atoms with Crippen LogP contribution in [0.2, 0.25) is 0 Å². The van der Waals surface area contributed by atoms with E-state index in [0.717, 1.165) is 0 Å². The molecule has 35 heavy (non-hydrogen) atoms. The van der Waals surface area contributed by atoms with Gasteiger partial charge in [-0.25, -0.2) is 18.3 Å². The number of nitrogens with zero attached hydrogens (tertiary/aromatic N) is 3. The minimum absolute atomic E-state index is 0.0237. The van der Waals surface area contributed by atoms with Gasteiger partial charge < -0.3 is 5.32 Å². The molecule has 5 nitrogen and oxygen atoms in total. The predicted molar refractivity (Wildman–Crippen MR) is 124 cm³/mol. The molecule has 1 aromatic heterocycles. The van der Waals surface area contributed by atoms with Crippen LogP contribution >= 0.6 is 15.9 Å². The molecule has 0 aliphatic carbocycles. The Morgan fingerprint density at radius 3 is 2.51 bits per heavy atom. The molecule has 3 aromatic rings.